The van der Waals surface area contributed by atoms with Crippen LogP contribution in [0.3, 0.4) is 0 Å². The summed E-state index contributed by atoms with van der Waals surface area (Å²) in [5.41, 5.74) is 7.49. The lowest BCUT2D eigenvalue weighted by atomic mass is 9.76. The molecule has 3 aromatic rings. The number of nitrogens with zero attached hydrogens (tertiary/aromatic N) is 1. The second kappa shape index (κ2) is 5.90. The molecule has 0 amide bonds. The van der Waals surface area contributed by atoms with Crippen molar-refractivity contribution in [2.24, 2.45) is 0 Å². The number of aliphatic hydroxyl groups is 1. The predicted molar refractivity (Wildman–Crippen MR) is 113 cm³/mol. The number of hydrogen-bond acceptors (Lipinski definition) is 2. The lowest BCUT2D eigenvalue weighted by Crippen LogP contribution is -2.56. The summed E-state index contributed by atoms with van der Waals surface area (Å²) in [6, 6.07) is 13.6. The molecule has 27 heavy (non-hydrogen) atoms. The van der Waals surface area contributed by atoms with E-state index < -0.39 is 11.6 Å². The van der Waals surface area contributed by atoms with Gasteiger partial charge in [-0.1, -0.05) is 31.5 Å². The fourth-order valence-corrected chi connectivity index (χ4v) is 4.58. The Morgan fingerprint density at radius 2 is 1.93 bits per heavy atom. The molecule has 0 radical (unpaired) electrons. The standard InChI is InChI=1S/C24H26N2O/c1-7-26-22-14(2)11-17(12-20(22)16(4)23(27)24(26,5)6)19-10-8-9-18-15(3)13-25-21(18)19/h1,8-13,16,23,25,27H,2-6H3/t16-,23+/m1/s1. The second-order valence-corrected chi connectivity index (χ2v) is 8.28. The van der Waals surface area contributed by atoms with E-state index >= 15 is 0 Å². The number of rotatable bonds is 1. The zero-order valence-electron chi connectivity index (χ0n) is 16.6. The van der Waals surface area contributed by atoms with E-state index in [1.807, 2.05) is 18.7 Å². The van der Waals surface area contributed by atoms with Crippen LogP contribution < -0.4 is 4.90 Å². The van der Waals surface area contributed by atoms with Gasteiger partial charge in [0.2, 0.25) is 0 Å². The van der Waals surface area contributed by atoms with Crippen molar-refractivity contribution in [2.45, 2.75) is 52.2 Å². The molecule has 2 heterocycles. The van der Waals surface area contributed by atoms with Crippen LogP contribution in [0.15, 0.2) is 36.5 Å². The lowest BCUT2D eigenvalue weighted by molar-refractivity contribution is 0.0757. The zero-order valence-corrected chi connectivity index (χ0v) is 16.6. The smallest absolute Gasteiger partial charge is 0.0843 e. The monoisotopic (exact) mass is 358 g/mol. The van der Waals surface area contributed by atoms with E-state index in [1.54, 1.807) is 0 Å². The topological polar surface area (TPSA) is 39.3 Å². The van der Waals surface area contributed by atoms with Crippen LogP contribution in [0.25, 0.3) is 22.0 Å². The van der Waals surface area contributed by atoms with Crippen LogP contribution in [0.2, 0.25) is 0 Å². The van der Waals surface area contributed by atoms with Crippen molar-refractivity contribution < 1.29 is 5.11 Å². The number of nitrogens with one attached hydrogen (secondary N) is 1. The summed E-state index contributed by atoms with van der Waals surface area (Å²) in [4.78, 5) is 5.31. The van der Waals surface area contributed by atoms with Crippen molar-refractivity contribution in [3.8, 4) is 23.6 Å². The molecule has 0 aliphatic carbocycles. The van der Waals surface area contributed by atoms with Gasteiger partial charge in [-0.3, -0.25) is 4.90 Å². The molecule has 1 aliphatic rings. The second-order valence-electron chi connectivity index (χ2n) is 8.28. The van der Waals surface area contributed by atoms with Gasteiger partial charge in [0.05, 0.1) is 22.8 Å². The van der Waals surface area contributed by atoms with Gasteiger partial charge in [-0.05, 0) is 62.1 Å². The van der Waals surface area contributed by atoms with Crippen LogP contribution in [0.5, 0.6) is 0 Å². The summed E-state index contributed by atoms with van der Waals surface area (Å²) in [5.74, 6) is 0.00262. The number of aryl methyl sites for hydroxylation is 2. The highest BCUT2D eigenvalue weighted by molar-refractivity contribution is 5.96. The quantitative estimate of drug-likeness (QED) is 0.594. The number of anilines is 1. The van der Waals surface area contributed by atoms with Crippen molar-refractivity contribution in [2.75, 3.05) is 4.90 Å². The first kappa shape index (κ1) is 17.7. The Morgan fingerprint density at radius 1 is 1.19 bits per heavy atom. The van der Waals surface area contributed by atoms with Gasteiger partial charge in [0.25, 0.3) is 0 Å². The number of aromatic amines is 1. The van der Waals surface area contributed by atoms with Crippen LogP contribution in [-0.2, 0) is 0 Å². The van der Waals surface area contributed by atoms with E-state index in [9.17, 15) is 5.11 Å². The maximum absolute atomic E-state index is 10.9. The highest BCUT2D eigenvalue weighted by Gasteiger charge is 2.44. The van der Waals surface area contributed by atoms with Gasteiger partial charge in [0, 0.05) is 29.1 Å². The van der Waals surface area contributed by atoms with Gasteiger partial charge in [0.15, 0.2) is 0 Å². The van der Waals surface area contributed by atoms with Crippen molar-refractivity contribution in [1.29, 1.82) is 0 Å². The molecule has 0 saturated carbocycles. The minimum atomic E-state index is -0.542. The van der Waals surface area contributed by atoms with E-state index in [-0.39, 0.29) is 5.92 Å². The molecule has 0 spiro atoms. The first-order valence-electron chi connectivity index (χ1n) is 9.43. The molecule has 138 valence electrons. The maximum Gasteiger partial charge on any atom is 0.0843 e. The summed E-state index contributed by atoms with van der Waals surface area (Å²) < 4.78 is 0. The average Bonchev–Trinajstić information content (AvgIpc) is 3.02. The highest BCUT2D eigenvalue weighted by atomic mass is 16.3. The molecule has 0 fully saturated rings. The van der Waals surface area contributed by atoms with Gasteiger partial charge in [-0.2, -0.15) is 0 Å². The van der Waals surface area contributed by atoms with Gasteiger partial charge >= 0.3 is 0 Å². The third kappa shape index (κ3) is 2.40. The summed E-state index contributed by atoms with van der Waals surface area (Å²) in [7, 11) is 0. The molecule has 3 heteroatoms. The van der Waals surface area contributed by atoms with Crippen LogP contribution >= 0.6 is 0 Å². The number of aliphatic hydroxyl groups excluding tert-OH is 1. The SMILES string of the molecule is C#CN1c2c(C)cc(-c3cccc4c(C)c[nH]c34)cc2[C@@H](C)[C@H](O)C1(C)C. The van der Waals surface area contributed by atoms with Crippen molar-refractivity contribution in [3.05, 3.63) is 53.2 Å². The summed E-state index contributed by atoms with van der Waals surface area (Å²) in [5, 5.41) is 12.2. The number of terminal acetylenes is 1. The largest absolute Gasteiger partial charge is 0.390 e. The van der Waals surface area contributed by atoms with E-state index in [2.05, 4.69) is 68.3 Å². The van der Waals surface area contributed by atoms with E-state index in [1.165, 1.54) is 16.5 Å². The molecule has 2 atom stereocenters. The first-order valence-corrected chi connectivity index (χ1v) is 9.43. The van der Waals surface area contributed by atoms with Crippen LogP contribution in [0.1, 0.15) is 43.4 Å². The number of para-hydroxylation sites is 1. The van der Waals surface area contributed by atoms with Crippen molar-refractivity contribution in [1.82, 2.24) is 4.98 Å². The van der Waals surface area contributed by atoms with E-state index in [0.29, 0.717) is 0 Å². The Labute approximate surface area is 161 Å². The van der Waals surface area contributed by atoms with E-state index in [0.717, 1.165) is 27.9 Å². The summed E-state index contributed by atoms with van der Waals surface area (Å²) in [6.07, 6.45) is 7.36. The molecule has 4 rings (SSSR count). The summed E-state index contributed by atoms with van der Waals surface area (Å²) in [6.45, 7) is 10.3. The Bertz CT molecular complexity index is 1080. The van der Waals surface area contributed by atoms with Gasteiger partial charge in [-0.15, -0.1) is 0 Å². The number of hydrogen-bond donors (Lipinski definition) is 2. The Kier molecular flexibility index (Phi) is 3.87. The fraction of sp³-hybridized carbons (Fsp3) is 0.333. The lowest BCUT2D eigenvalue weighted by Gasteiger charge is -2.48. The third-order valence-electron chi connectivity index (χ3n) is 6.18. The molecular weight excluding hydrogens is 332 g/mol. The van der Waals surface area contributed by atoms with Gasteiger partial charge in [0.1, 0.15) is 0 Å². The highest BCUT2D eigenvalue weighted by Crippen LogP contribution is 2.46. The fourth-order valence-electron chi connectivity index (χ4n) is 4.58. The number of fused-ring (bicyclic) bond motifs is 2. The molecule has 1 aromatic heterocycles. The van der Waals surface area contributed by atoms with E-state index in [4.69, 9.17) is 6.42 Å². The minimum Gasteiger partial charge on any atom is -0.390 e. The van der Waals surface area contributed by atoms with Crippen LogP contribution in [-0.4, -0.2) is 21.7 Å². The molecule has 0 unspecified atom stereocenters. The molecule has 2 aromatic carbocycles. The molecule has 1 aliphatic heterocycles. The maximum atomic E-state index is 10.9. The molecule has 3 nitrogen and oxygen atoms in total. The Morgan fingerprint density at radius 3 is 2.63 bits per heavy atom. The first-order chi connectivity index (χ1) is 12.8. The summed E-state index contributed by atoms with van der Waals surface area (Å²) >= 11 is 0. The molecule has 0 bridgehead atoms. The average molecular weight is 358 g/mol. The normalized spacial score (nSPS) is 21.1. The third-order valence-corrected chi connectivity index (χ3v) is 6.18. The van der Waals surface area contributed by atoms with Crippen molar-refractivity contribution in [3.63, 3.8) is 0 Å². The number of H-pyrrole nitrogens is 1. The van der Waals surface area contributed by atoms with Crippen LogP contribution in [0, 0.1) is 26.3 Å². The Hall–Kier alpha value is -2.70. The Balaban J connectivity index is 1.98. The number of benzene rings is 2. The molecule has 0 saturated heterocycles. The van der Waals surface area contributed by atoms with Crippen molar-refractivity contribution >= 4 is 16.6 Å². The molecule has 2 N–H and O–H groups in total. The molecular formula is C24H26N2O. The minimum absolute atomic E-state index is 0.00262. The zero-order chi connectivity index (χ0) is 19.5. The van der Waals surface area contributed by atoms with Gasteiger partial charge in [-0.25, -0.2) is 0 Å². The number of aromatic nitrogens is 1. The van der Waals surface area contributed by atoms with Crippen LogP contribution in [0.4, 0.5) is 5.69 Å². The van der Waals surface area contributed by atoms with Gasteiger partial charge < -0.3 is 10.1 Å². The predicted octanol–water partition coefficient (Wildman–Crippen LogP) is 5.11.